The molecule has 0 saturated carbocycles. The first-order chi connectivity index (χ1) is 8.43. The van der Waals surface area contributed by atoms with E-state index in [4.69, 9.17) is 0 Å². The van der Waals surface area contributed by atoms with Crippen LogP contribution in [0.4, 0.5) is 0 Å². The topological polar surface area (TPSA) is 80.2 Å². The summed E-state index contributed by atoms with van der Waals surface area (Å²) in [6.45, 7) is 0. The number of nitrogens with one attached hydrogen (secondary N) is 1. The summed E-state index contributed by atoms with van der Waals surface area (Å²) in [5.74, 6) is 0.566. The quantitative estimate of drug-likeness (QED) is 0.710. The van der Waals surface area contributed by atoms with Gasteiger partial charge in [0.05, 0.1) is 5.69 Å². The van der Waals surface area contributed by atoms with Crippen LogP contribution in [0.25, 0.3) is 22.6 Å². The lowest BCUT2D eigenvalue weighted by molar-refractivity contribution is 0.881. The molecule has 0 amide bonds. The average molecular weight is 224 g/mol. The fourth-order valence-electron chi connectivity index (χ4n) is 1.56. The van der Waals surface area contributed by atoms with Gasteiger partial charge in [-0.1, -0.05) is 18.2 Å². The fourth-order valence-corrected chi connectivity index (χ4v) is 1.56. The van der Waals surface area contributed by atoms with Gasteiger partial charge in [-0.25, -0.2) is 0 Å². The summed E-state index contributed by atoms with van der Waals surface area (Å²) < 4.78 is 0. The second-order valence-corrected chi connectivity index (χ2v) is 3.43. The zero-order valence-electron chi connectivity index (χ0n) is 8.78. The number of aromatic amines is 1. The summed E-state index contributed by atoms with van der Waals surface area (Å²) in [6, 6.07) is 11.5. The van der Waals surface area contributed by atoms with Crippen molar-refractivity contribution in [3.63, 3.8) is 0 Å². The van der Waals surface area contributed by atoms with Crippen molar-refractivity contribution in [3.8, 4) is 22.6 Å². The molecule has 1 N–H and O–H groups in total. The fraction of sp³-hybridized carbons (Fsp3) is 0. The van der Waals surface area contributed by atoms with Crippen LogP contribution in [0.3, 0.4) is 0 Å². The van der Waals surface area contributed by atoms with Gasteiger partial charge >= 0.3 is 0 Å². The van der Waals surface area contributed by atoms with Gasteiger partial charge in [0.1, 0.15) is 0 Å². The second-order valence-electron chi connectivity index (χ2n) is 3.43. The number of rotatable bonds is 2. The largest absolute Gasteiger partial charge is 0.204 e. The van der Waals surface area contributed by atoms with E-state index in [1.165, 1.54) is 0 Å². The Hall–Kier alpha value is -2.63. The molecule has 2 heterocycles. The molecule has 0 radical (unpaired) electrons. The van der Waals surface area contributed by atoms with E-state index in [1.54, 1.807) is 6.20 Å². The van der Waals surface area contributed by atoms with Crippen LogP contribution in [0.2, 0.25) is 0 Å². The molecular formula is C11H8N6. The zero-order valence-corrected chi connectivity index (χ0v) is 8.78. The lowest BCUT2D eigenvalue weighted by atomic mass is 10.1. The number of nitrogens with zero attached hydrogens (tertiary/aromatic N) is 5. The highest BCUT2D eigenvalue weighted by atomic mass is 15.5. The minimum absolute atomic E-state index is 0.566. The van der Waals surface area contributed by atoms with Crippen LogP contribution in [0, 0.1) is 0 Å². The summed E-state index contributed by atoms with van der Waals surface area (Å²) in [5.41, 5.74) is 2.68. The monoisotopic (exact) mass is 224 g/mol. The lowest BCUT2D eigenvalue weighted by Gasteiger charge is -2.00. The molecule has 0 atom stereocenters. The van der Waals surface area contributed by atoms with Gasteiger partial charge < -0.3 is 0 Å². The first-order valence-electron chi connectivity index (χ1n) is 5.05. The minimum atomic E-state index is 0.566. The van der Waals surface area contributed by atoms with E-state index in [9.17, 15) is 0 Å². The van der Waals surface area contributed by atoms with Crippen molar-refractivity contribution >= 4 is 0 Å². The molecule has 3 aromatic rings. The first-order valence-corrected chi connectivity index (χ1v) is 5.05. The minimum Gasteiger partial charge on any atom is -0.177 e. The Kier molecular flexibility index (Phi) is 2.31. The molecule has 0 aliphatic heterocycles. The third-order valence-electron chi connectivity index (χ3n) is 2.33. The van der Waals surface area contributed by atoms with Crippen LogP contribution in [0.1, 0.15) is 0 Å². The van der Waals surface area contributed by atoms with Crippen LogP contribution in [-0.4, -0.2) is 30.8 Å². The van der Waals surface area contributed by atoms with Crippen LogP contribution >= 0.6 is 0 Å². The molecule has 6 heteroatoms. The number of H-pyrrole nitrogens is 1. The zero-order chi connectivity index (χ0) is 11.5. The Balaban J connectivity index is 2.06. The molecule has 0 fully saturated rings. The molecule has 82 valence electrons. The van der Waals surface area contributed by atoms with Crippen LogP contribution in [-0.2, 0) is 0 Å². The Morgan fingerprint density at radius 2 is 1.88 bits per heavy atom. The molecule has 0 aliphatic rings. The van der Waals surface area contributed by atoms with Crippen molar-refractivity contribution in [1.29, 1.82) is 0 Å². The Bertz CT molecular complexity index is 605. The second kappa shape index (κ2) is 4.09. The van der Waals surface area contributed by atoms with Crippen molar-refractivity contribution in [3.05, 3.63) is 42.6 Å². The molecule has 1 aromatic carbocycles. The maximum absolute atomic E-state index is 4.06. The number of aromatic nitrogens is 6. The SMILES string of the molecule is c1cc(-c2cccnn2)cc(-c2nn[nH]n2)c1. The molecule has 3 rings (SSSR count). The third kappa shape index (κ3) is 1.87. The van der Waals surface area contributed by atoms with Gasteiger partial charge in [-0.2, -0.15) is 15.4 Å². The van der Waals surface area contributed by atoms with Crippen molar-refractivity contribution < 1.29 is 0 Å². The smallest absolute Gasteiger partial charge is 0.177 e. The highest BCUT2D eigenvalue weighted by Gasteiger charge is 2.05. The lowest BCUT2D eigenvalue weighted by Crippen LogP contribution is -1.87. The summed E-state index contributed by atoms with van der Waals surface area (Å²) in [7, 11) is 0. The van der Waals surface area contributed by atoms with E-state index in [2.05, 4.69) is 30.8 Å². The molecular weight excluding hydrogens is 216 g/mol. The van der Waals surface area contributed by atoms with Crippen molar-refractivity contribution in [2.45, 2.75) is 0 Å². The Labute approximate surface area is 96.7 Å². The van der Waals surface area contributed by atoms with Gasteiger partial charge in [-0.15, -0.1) is 10.2 Å². The average Bonchev–Trinajstić information content (AvgIpc) is 2.94. The van der Waals surface area contributed by atoms with Crippen molar-refractivity contribution in [2.75, 3.05) is 0 Å². The van der Waals surface area contributed by atoms with Gasteiger partial charge in [0.2, 0.25) is 5.82 Å². The van der Waals surface area contributed by atoms with Gasteiger partial charge in [-0.05, 0) is 23.4 Å². The third-order valence-corrected chi connectivity index (χ3v) is 2.33. The van der Waals surface area contributed by atoms with Crippen LogP contribution < -0.4 is 0 Å². The van der Waals surface area contributed by atoms with E-state index in [-0.39, 0.29) is 0 Å². The standard InChI is InChI=1S/C11H8N6/c1-3-8(10-5-2-6-12-13-10)7-9(4-1)11-14-16-17-15-11/h1-7H,(H,14,15,16,17). The molecule has 2 aromatic heterocycles. The maximum Gasteiger partial charge on any atom is 0.204 e. The van der Waals surface area contributed by atoms with E-state index in [0.717, 1.165) is 16.8 Å². The van der Waals surface area contributed by atoms with E-state index >= 15 is 0 Å². The van der Waals surface area contributed by atoms with Gasteiger partial charge in [0.25, 0.3) is 0 Å². The number of hydrogen-bond acceptors (Lipinski definition) is 5. The van der Waals surface area contributed by atoms with Gasteiger partial charge in [0.15, 0.2) is 0 Å². The van der Waals surface area contributed by atoms with E-state index in [0.29, 0.717) is 5.82 Å². The molecule has 0 bridgehead atoms. The number of hydrogen-bond donors (Lipinski definition) is 1. The molecule has 0 unspecified atom stereocenters. The predicted octanol–water partition coefficient (Wildman–Crippen LogP) is 1.32. The van der Waals surface area contributed by atoms with Gasteiger partial charge in [0, 0.05) is 17.3 Å². The predicted molar refractivity (Wildman–Crippen MR) is 60.6 cm³/mol. The highest BCUT2D eigenvalue weighted by Crippen LogP contribution is 2.21. The van der Waals surface area contributed by atoms with Crippen LogP contribution in [0.15, 0.2) is 42.6 Å². The normalized spacial score (nSPS) is 10.4. The van der Waals surface area contributed by atoms with Crippen molar-refractivity contribution in [1.82, 2.24) is 30.8 Å². The summed E-state index contributed by atoms with van der Waals surface area (Å²) in [4.78, 5) is 0. The maximum atomic E-state index is 4.06. The van der Waals surface area contributed by atoms with Gasteiger partial charge in [-0.3, -0.25) is 0 Å². The molecule has 0 aliphatic carbocycles. The van der Waals surface area contributed by atoms with E-state index < -0.39 is 0 Å². The molecule has 17 heavy (non-hydrogen) atoms. The number of benzene rings is 1. The number of tetrazole rings is 1. The Morgan fingerprint density at radius 3 is 2.65 bits per heavy atom. The van der Waals surface area contributed by atoms with E-state index in [1.807, 2.05) is 36.4 Å². The Morgan fingerprint density at radius 1 is 0.941 bits per heavy atom. The first kappa shape index (κ1) is 9.59. The molecule has 6 nitrogen and oxygen atoms in total. The van der Waals surface area contributed by atoms with Crippen LogP contribution in [0.5, 0.6) is 0 Å². The highest BCUT2D eigenvalue weighted by molar-refractivity contribution is 5.67. The summed E-state index contributed by atoms with van der Waals surface area (Å²) >= 11 is 0. The molecule has 0 spiro atoms. The summed E-state index contributed by atoms with van der Waals surface area (Å²) in [6.07, 6.45) is 1.65. The van der Waals surface area contributed by atoms with Crippen molar-refractivity contribution in [2.24, 2.45) is 0 Å². The molecule has 0 saturated heterocycles. The summed E-state index contributed by atoms with van der Waals surface area (Å²) in [5, 5.41) is 21.8.